The summed E-state index contributed by atoms with van der Waals surface area (Å²) in [6.45, 7) is 4.04. The normalized spacial score (nSPS) is 21.7. The van der Waals surface area contributed by atoms with E-state index in [1.165, 1.54) is 0 Å². The number of carbonyl (C=O) groups is 1. The van der Waals surface area contributed by atoms with Crippen molar-refractivity contribution in [3.63, 3.8) is 0 Å². The van der Waals surface area contributed by atoms with Gasteiger partial charge in [0.2, 0.25) is 5.88 Å². The Kier molecular flexibility index (Phi) is 3.49. The Morgan fingerprint density at radius 2 is 2.27 bits per heavy atom. The van der Waals surface area contributed by atoms with Crippen molar-refractivity contribution in [3.8, 4) is 6.07 Å². The van der Waals surface area contributed by atoms with E-state index in [0.29, 0.717) is 29.9 Å². The Labute approximate surface area is 128 Å². The summed E-state index contributed by atoms with van der Waals surface area (Å²) < 4.78 is 7.34. The largest absolute Gasteiger partial charge is 0.444 e. The molecule has 1 unspecified atom stereocenters. The summed E-state index contributed by atoms with van der Waals surface area (Å²) in [4.78, 5) is 12.4. The quantitative estimate of drug-likeness (QED) is 0.904. The predicted octanol–water partition coefficient (Wildman–Crippen LogP) is 2.28. The molecule has 2 aliphatic rings. The van der Waals surface area contributed by atoms with Crippen molar-refractivity contribution in [2.45, 2.75) is 45.1 Å². The van der Waals surface area contributed by atoms with E-state index in [0.717, 1.165) is 6.42 Å². The van der Waals surface area contributed by atoms with Crippen molar-refractivity contribution in [2.24, 2.45) is 5.73 Å². The van der Waals surface area contributed by atoms with Gasteiger partial charge in [0.15, 0.2) is 5.78 Å². The molecule has 0 fully saturated rings. The number of aromatic nitrogens is 2. The molecule has 1 aliphatic heterocycles. The van der Waals surface area contributed by atoms with Crippen molar-refractivity contribution in [1.29, 1.82) is 5.26 Å². The molecule has 0 bridgehead atoms. The Morgan fingerprint density at radius 3 is 2.91 bits per heavy atom. The molecule has 6 nitrogen and oxygen atoms in total. The van der Waals surface area contributed by atoms with Gasteiger partial charge in [-0.3, -0.25) is 9.48 Å². The number of nitrogens with zero attached hydrogens (tertiary/aromatic N) is 3. The third kappa shape index (κ3) is 2.19. The third-order valence-corrected chi connectivity index (χ3v) is 4.06. The summed E-state index contributed by atoms with van der Waals surface area (Å²) >= 11 is 0. The van der Waals surface area contributed by atoms with E-state index < -0.39 is 5.92 Å². The van der Waals surface area contributed by atoms with Gasteiger partial charge in [-0.15, -0.1) is 0 Å². The van der Waals surface area contributed by atoms with Crippen LogP contribution < -0.4 is 5.73 Å². The van der Waals surface area contributed by atoms with Gasteiger partial charge in [0.05, 0.1) is 11.6 Å². The minimum Gasteiger partial charge on any atom is -0.444 e. The molecule has 2 N–H and O–H groups in total. The van der Waals surface area contributed by atoms with Gasteiger partial charge in [0.25, 0.3) is 0 Å². The molecule has 0 amide bonds. The fraction of sp³-hybridized carbons (Fsp3) is 0.438. The highest BCUT2D eigenvalue weighted by Crippen LogP contribution is 2.42. The van der Waals surface area contributed by atoms with E-state index in [-0.39, 0.29) is 23.3 Å². The molecule has 1 atom stereocenters. The van der Waals surface area contributed by atoms with Crippen LogP contribution in [0.2, 0.25) is 0 Å². The van der Waals surface area contributed by atoms with Gasteiger partial charge in [-0.25, -0.2) is 0 Å². The first kappa shape index (κ1) is 14.4. The van der Waals surface area contributed by atoms with Gasteiger partial charge in [0.1, 0.15) is 17.4 Å². The van der Waals surface area contributed by atoms with Crippen LogP contribution in [0, 0.1) is 11.3 Å². The first-order valence-electron chi connectivity index (χ1n) is 7.41. The minimum atomic E-state index is -0.512. The molecule has 22 heavy (non-hydrogen) atoms. The third-order valence-electron chi connectivity index (χ3n) is 4.06. The van der Waals surface area contributed by atoms with E-state index in [1.807, 2.05) is 30.8 Å². The van der Waals surface area contributed by atoms with Crippen molar-refractivity contribution < 1.29 is 9.53 Å². The Bertz CT molecular complexity index is 734. The molecule has 2 heterocycles. The molecule has 3 rings (SSSR count). The van der Waals surface area contributed by atoms with Crippen LogP contribution in [0.1, 0.15) is 50.8 Å². The number of nitriles is 1. The molecule has 6 heteroatoms. The van der Waals surface area contributed by atoms with E-state index in [2.05, 4.69) is 11.2 Å². The van der Waals surface area contributed by atoms with Crippen molar-refractivity contribution in [1.82, 2.24) is 9.78 Å². The van der Waals surface area contributed by atoms with Gasteiger partial charge in [-0.2, -0.15) is 10.4 Å². The van der Waals surface area contributed by atoms with E-state index in [9.17, 15) is 10.1 Å². The lowest BCUT2D eigenvalue weighted by molar-refractivity contribution is -0.116. The molecular formula is C16H18N4O2. The number of ketones is 1. The summed E-state index contributed by atoms with van der Waals surface area (Å²) in [6, 6.07) is 4.13. The van der Waals surface area contributed by atoms with Crippen molar-refractivity contribution >= 4 is 5.78 Å². The smallest absolute Gasteiger partial charge is 0.205 e. The molecule has 1 aromatic rings. The molecule has 0 aromatic carbocycles. The molecule has 114 valence electrons. The van der Waals surface area contributed by atoms with Crippen LogP contribution in [0.25, 0.3) is 0 Å². The Hall–Kier alpha value is -2.55. The maximum absolute atomic E-state index is 12.4. The zero-order valence-electron chi connectivity index (χ0n) is 12.7. The van der Waals surface area contributed by atoms with Gasteiger partial charge >= 0.3 is 0 Å². The Morgan fingerprint density at radius 1 is 1.50 bits per heavy atom. The summed E-state index contributed by atoms with van der Waals surface area (Å²) in [5, 5.41) is 14.0. The monoisotopic (exact) mass is 298 g/mol. The number of nitrogens with two attached hydrogens (primary N) is 1. The van der Waals surface area contributed by atoms with Crippen LogP contribution in [0.3, 0.4) is 0 Å². The van der Waals surface area contributed by atoms with Gasteiger partial charge in [-0.1, -0.05) is 0 Å². The second-order valence-corrected chi connectivity index (χ2v) is 5.85. The molecule has 0 saturated heterocycles. The average molecular weight is 298 g/mol. The lowest BCUT2D eigenvalue weighted by atomic mass is 9.80. The van der Waals surface area contributed by atoms with Crippen LogP contribution in [-0.2, 0) is 9.53 Å². The molecular weight excluding hydrogens is 280 g/mol. The van der Waals surface area contributed by atoms with E-state index in [4.69, 9.17) is 10.5 Å². The van der Waals surface area contributed by atoms with Gasteiger partial charge in [-0.05, 0) is 26.3 Å². The fourth-order valence-electron chi connectivity index (χ4n) is 2.95. The number of rotatable bonds is 2. The van der Waals surface area contributed by atoms with E-state index >= 15 is 0 Å². The number of allylic oxidation sites excluding steroid dienone is 3. The SMILES string of the molecule is CC(C)n1ccc(C2C(C#N)=C(N)OC3=C2C(=O)CCC3)n1. The summed E-state index contributed by atoms with van der Waals surface area (Å²) in [5.74, 6) is 0.184. The highest BCUT2D eigenvalue weighted by Gasteiger charge is 2.39. The fourth-order valence-corrected chi connectivity index (χ4v) is 2.95. The van der Waals surface area contributed by atoms with Crippen LogP contribution in [0.5, 0.6) is 0 Å². The van der Waals surface area contributed by atoms with Crippen LogP contribution >= 0.6 is 0 Å². The van der Waals surface area contributed by atoms with E-state index in [1.54, 1.807) is 0 Å². The number of carbonyl (C=O) groups excluding carboxylic acids is 1. The number of hydrogen-bond acceptors (Lipinski definition) is 5. The lowest BCUT2D eigenvalue weighted by Crippen LogP contribution is -2.27. The zero-order valence-corrected chi connectivity index (χ0v) is 12.7. The lowest BCUT2D eigenvalue weighted by Gasteiger charge is -2.29. The van der Waals surface area contributed by atoms with Gasteiger partial charge in [0, 0.05) is 30.7 Å². The average Bonchev–Trinajstić information content (AvgIpc) is 2.95. The van der Waals surface area contributed by atoms with Crippen LogP contribution in [0.15, 0.2) is 35.1 Å². The second kappa shape index (κ2) is 5.34. The maximum atomic E-state index is 12.4. The van der Waals surface area contributed by atoms with Crippen molar-refractivity contribution in [3.05, 3.63) is 40.7 Å². The molecule has 1 aromatic heterocycles. The van der Waals surface area contributed by atoms with Gasteiger partial charge < -0.3 is 10.5 Å². The first-order chi connectivity index (χ1) is 10.5. The van der Waals surface area contributed by atoms with Crippen molar-refractivity contribution in [2.75, 3.05) is 0 Å². The standard InChI is InChI=1S/C16H18N4O2/c1-9(2)20-7-6-11(19-20)14-10(8-17)16(18)22-13-5-3-4-12(21)15(13)14/h6-7,9,14H,3-5,18H2,1-2H3. The predicted molar refractivity (Wildman–Crippen MR) is 79.1 cm³/mol. The zero-order chi connectivity index (χ0) is 15.9. The van der Waals surface area contributed by atoms with Crippen LogP contribution in [-0.4, -0.2) is 15.6 Å². The first-order valence-corrected chi connectivity index (χ1v) is 7.41. The highest BCUT2D eigenvalue weighted by molar-refractivity contribution is 5.99. The Balaban J connectivity index is 2.13. The number of ether oxygens (including phenoxy) is 1. The van der Waals surface area contributed by atoms with Crippen LogP contribution in [0.4, 0.5) is 0 Å². The summed E-state index contributed by atoms with van der Waals surface area (Å²) in [5.41, 5.74) is 7.37. The summed E-state index contributed by atoms with van der Waals surface area (Å²) in [6.07, 6.45) is 3.75. The molecule has 0 radical (unpaired) electrons. The number of hydrogen-bond donors (Lipinski definition) is 1. The number of Topliss-reactive ketones (excluding diaryl/α,β-unsaturated/α-hetero) is 1. The molecule has 0 spiro atoms. The molecule has 0 saturated carbocycles. The second-order valence-electron chi connectivity index (χ2n) is 5.85. The topological polar surface area (TPSA) is 93.9 Å². The maximum Gasteiger partial charge on any atom is 0.205 e. The summed E-state index contributed by atoms with van der Waals surface area (Å²) in [7, 11) is 0. The highest BCUT2D eigenvalue weighted by atomic mass is 16.5. The minimum absolute atomic E-state index is 0.0191. The molecule has 1 aliphatic carbocycles.